The predicted molar refractivity (Wildman–Crippen MR) is 174 cm³/mol. The van der Waals surface area contributed by atoms with E-state index in [1.165, 1.54) is 27.1 Å². The normalized spacial score (nSPS) is 16.8. The number of piperazine rings is 1. The number of carboxylic acids is 2. The molecule has 1 unspecified atom stereocenters. The minimum absolute atomic E-state index is 0.0765. The van der Waals surface area contributed by atoms with Crippen molar-refractivity contribution in [3.8, 4) is 0 Å². The Kier molecular flexibility index (Phi) is 12.8. The van der Waals surface area contributed by atoms with Gasteiger partial charge in [0, 0.05) is 61.9 Å². The molecular formula is C35H39N3O5S. The highest BCUT2D eigenvalue weighted by Gasteiger charge is 2.25. The number of carboxylic acid groups (broad SMARTS) is 2. The molecule has 1 amide bonds. The number of nitrogens with one attached hydrogen (secondary N) is 1. The molecular weight excluding hydrogens is 574 g/mol. The van der Waals surface area contributed by atoms with Crippen LogP contribution >= 0.6 is 11.8 Å². The molecule has 8 nitrogen and oxygen atoms in total. The third-order valence-electron chi connectivity index (χ3n) is 7.47. The maximum Gasteiger partial charge on any atom is 0.328 e. The van der Waals surface area contributed by atoms with Gasteiger partial charge >= 0.3 is 11.9 Å². The van der Waals surface area contributed by atoms with Crippen LogP contribution in [-0.2, 0) is 20.1 Å². The van der Waals surface area contributed by atoms with Crippen LogP contribution in [0.1, 0.15) is 41.1 Å². The average molecular weight is 614 g/mol. The molecule has 0 aromatic heterocycles. The molecule has 0 spiro atoms. The van der Waals surface area contributed by atoms with Gasteiger partial charge in [-0.05, 0) is 41.3 Å². The first kappa shape index (κ1) is 32.7. The van der Waals surface area contributed by atoms with E-state index in [4.69, 9.17) is 10.2 Å². The molecule has 2 heterocycles. The quantitative estimate of drug-likeness (QED) is 0.264. The standard InChI is InChI=1S/C31H35N3OS.C4H4O4/c35-30(32-31-27-14-5-4-13-26(27)24-36-29-16-7-6-15-28(29)31)17-9-19-34-22-20-33(21-23-34)18-8-12-25-10-2-1-3-11-25;5-3(6)1-2-4(7)8/h1-8,10-16,31H,9,17-24H2,(H,32,35);1-2H,(H,5,6)(H,7,8)/b12-8+;2-1-. The Labute approximate surface area is 263 Å². The van der Waals surface area contributed by atoms with Gasteiger partial charge in [-0.1, -0.05) is 84.9 Å². The van der Waals surface area contributed by atoms with Crippen LogP contribution in [0.25, 0.3) is 6.08 Å². The van der Waals surface area contributed by atoms with Crippen molar-refractivity contribution in [2.45, 2.75) is 29.5 Å². The Morgan fingerprint density at radius 2 is 1.41 bits per heavy atom. The number of fused-ring (bicyclic) bond motifs is 2. The summed E-state index contributed by atoms with van der Waals surface area (Å²) in [7, 11) is 0. The summed E-state index contributed by atoms with van der Waals surface area (Å²) >= 11 is 1.86. The zero-order chi connectivity index (χ0) is 31.1. The Bertz CT molecular complexity index is 1390. The van der Waals surface area contributed by atoms with Crippen LogP contribution in [0.3, 0.4) is 0 Å². The molecule has 0 radical (unpaired) electrons. The molecule has 5 rings (SSSR count). The van der Waals surface area contributed by atoms with E-state index in [9.17, 15) is 14.4 Å². The molecule has 0 bridgehead atoms. The maximum absolute atomic E-state index is 13.0. The number of thioether (sulfide) groups is 1. The molecule has 3 aromatic carbocycles. The smallest absolute Gasteiger partial charge is 0.328 e. The minimum Gasteiger partial charge on any atom is -0.478 e. The summed E-state index contributed by atoms with van der Waals surface area (Å²) in [6, 6.07) is 27.4. The molecule has 0 saturated carbocycles. The van der Waals surface area contributed by atoms with Crippen molar-refractivity contribution in [1.82, 2.24) is 15.1 Å². The zero-order valence-electron chi connectivity index (χ0n) is 24.7. The van der Waals surface area contributed by atoms with Crippen molar-refractivity contribution >= 4 is 35.7 Å². The number of carbonyl (C=O) groups is 3. The summed E-state index contributed by atoms with van der Waals surface area (Å²) in [6.45, 7) is 6.28. The first-order valence-electron chi connectivity index (χ1n) is 14.8. The number of rotatable bonds is 10. The Morgan fingerprint density at radius 1 is 0.795 bits per heavy atom. The van der Waals surface area contributed by atoms with E-state index in [0.29, 0.717) is 18.6 Å². The molecule has 1 fully saturated rings. The summed E-state index contributed by atoms with van der Waals surface area (Å²) in [5.74, 6) is -1.44. The van der Waals surface area contributed by atoms with E-state index in [-0.39, 0.29) is 11.9 Å². The number of benzene rings is 3. The maximum atomic E-state index is 13.0. The van der Waals surface area contributed by atoms with Crippen LogP contribution in [0.4, 0.5) is 0 Å². The lowest BCUT2D eigenvalue weighted by Crippen LogP contribution is -2.46. The number of hydrogen-bond acceptors (Lipinski definition) is 6. The Morgan fingerprint density at radius 3 is 2.11 bits per heavy atom. The lowest BCUT2D eigenvalue weighted by Gasteiger charge is -2.34. The van der Waals surface area contributed by atoms with Gasteiger partial charge in [0.15, 0.2) is 0 Å². The number of carbonyl (C=O) groups excluding carboxylic acids is 1. The molecule has 2 aliphatic rings. The Balaban J connectivity index is 0.000000488. The average Bonchev–Trinajstić information content (AvgIpc) is 3.19. The first-order chi connectivity index (χ1) is 21.4. The summed E-state index contributed by atoms with van der Waals surface area (Å²) in [5, 5.41) is 19.0. The fraction of sp³-hybridized carbons (Fsp3) is 0.286. The lowest BCUT2D eigenvalue weighted by atomic mass is 9.95. The van der Waals surface area contributed by atoms with Crippen molar-refractivity contribution in [1.29, 1.82) is 0 Å². The minimum atomic E-state index is -1.26. The topological polar surface area (TPSA) is 110 Å². The van der Waals surface area contributed by atoms with Crippen LogP contribution in [0.15, 0.2) is 102 Å². The molecule has 3 N–H and O–H groups in total. The molecule has 1 atom stereocenters. The molecule has 0 aliphatic carbocycles. The van der Waals surface area contributed by atoms with Crippen molar-refractivity contribution < 1.29 is 24.6 Å². The van der Waals surface area contributed by atoms with E-state index >= 15 is 0 Å². The van der Waals surface area contributed by atoms with Crippen LogP contribution < -0.4 is 5.32 Å². The van der Waals surface area contributed by atoms with E-state index < -0.39 is 11.9 Å². The van der Waals surface area contributed by atoms with Crippen LogP contribution in [0, 0.1) is 0 Å². The van der Waals surface area contributed by atoms with Gasteiger partial charge < -0.3 is 20.4 Å². The van der Waals surface area contributed by atoms with E-state index in [1.807, 2.05) is 11.8 Å². The zero-order valence-corrected chi connectivity index (χ0v) is 25.5. The highest BCUT2D eigenvalue weighted by atomic mass is 32.2. The fourth-order valence-electron chi connectivity index (χ4n) is 5.21. The van der Waals surface area contributed by atoms with E-state index in [0.717, 1.165) is 51.4 Å². The summed E-state index contributed by atoms with van der Waals surface area (Å²) in [6.07, 6.45) is 7.04. The summed E-state index contributed by atoms with van der Waals surface area (Å²) in [5.41, 5.74) is 4.99. The second-order valence-corrected chi connectivity index (χ2v) is 11.6. The predicted octanol–water partition coefficient (Wildman–Crippen LogP) is 5.32. The molecule has 1 saturated heterocycles. The lowest BCUT2D eigenvalue weighted by molar-refractivity contribution is -0.134. The fourth-order valence-corrected chi connectivity index (χ4v) is 6.31. The van der Waals surface area contributed by atoms with E-state index in [1.54, 1.807) is 0 Å². The molecule has 2 aliphatic heterocycles. The van der Waals surface area contributed by atoms with Crippen LogP contribution in [0.5, 0.6) is 0 Å². The van der Waals surface area contributed by atoms with Gasteiger partial charge in [0.1, 0.15) is 0 Å². The third-order valence-corrected chi connectivity index (χ3v) is 8.61. The summed E-state index contributed by atoms with van der Waals surface area (Å²) < 4.78 is 0. The van der Waals surface area contributed by atoms with Gasteiger partial charge in [-0.3, -0.25) is 9.69 Å². The first-order valence-corrected chi connectivity index (χ1v) is 15.8. The van der Waals surface area contributed by atoms with Crippen molar-refractivity contribution in [3.05, 3.63) is 119 Å². The largest absolute Gasteiger partial charge is 0.478 e. The van der Waals surface area contributed by atoms with Gasteiger partial charge in [0.25, 0.3) is 0 Å². The summed E-state index contributed by atoms with van der Waals surface area (Å²) in [4.78, 5) is 38.4. The number of hydrogen-bond donors (Lipinski definition) is 3. The molecule has 44 heavy (non-hydrogen) atoms. The third kappa shape index (κ3) is 10.5. The number of aliphatic carboxylic acids is 2. The van der Waals surface area contributed by atoms with E-state index in [2.05, 4.69) is 106 Å². The number of nitrogens with zero attached hydrogens (tertiary/aromatic N) is 2. The van der Waals surface area contributed by atoms with Gasteiger partial charge in [-0.2, -0.15) is 0 Å². The van der Waals surface area contributed by atoms with Crippen LogP contribution in [0.2, 0.25) is 0 Å². The second-order valence-electron chi connectivity index (χ2n) is 10.6. The number of amides is 1. The van der Waals surface area contributed by atoms with Crippen molar-refractivity contribution in [3.63, 3.8) is 0 Å². The SMILES string of the molecule is O=C(CCCN1CCN(C/C=C/c2ccccc2)CC1)NC1c2ccccc2CSc2ccccc21.O=C(O)/C=C\C(=O)O. The molecule has 230 valence electrons. The van der Waals surface area contributed by atoms with Gasteiger partial charge in [0.2, 0.25) is 5.91 Å². The van der Waals surface area contributed by atoms with Gasteiger partial charge in [0.05, 0.1) is 6.04 Å². The van der Waals surface area contributed by atoms with Gasteiger partial charge in [-0.15, -0.1) is 11.8 Å². The van der Waals surface area contributed by atoms with Gasteiger partial charge in [-0.25, -0.2) is 9.59 Å². The highest BCUT2D eigenvalue weighted by molar-refractivity contribution is 7.98. The molecule has 9 heteroatoms. The van der Waals surface area contributed by atoms with Crippen LogP contribution in [-0.4, -0.2) is 77.1 Å². The Hall–Kier alpha value is -4.18. The van der Waals surface area contributed by atoms with Crippen molar-refractivity contribution in [2.24, 2.45) is 0 Å². The highest BCUT2D eigenvalue weighted by Crippen LogP contribution is 2.39. The molecule has 3 aromatic rings. The van der Waals surface area contributed by atoms with Crippen molar-refractivity contribution in [2.75, 3.05) is 39.3 Å². The second kappa shape index (κ2) is 17.2. The monoisotopic (exact) mass is 613 g/mol.